The Hall–Kier alpha value is -2.91. The minimum absolute atomic E-state index is 0.134. The lowest BCUT2D eigenvalue weighted by Gasteiger charge is -2.28. The minimum atomic E-state index is -4.40. The Labute approximate surface area is 209 Å². The lowest BCUT2D eigenvalue weighted by atomic mass is 9.96. The van der Waals surface area contributed by atoms with Crippen molar-refractivity contribution in [2.24, 2.45) is 0 Å². The average molecular weight is 502 g/mol. The van der Waals surface area contributed by atoms with Crippen molar-refractivity contribution in [1.82, 2.24) is 24.7 Å². The van der Waals surface area contributed by atoms with Crippen LogP contribution in [0.3, 0.4) is 0 Å². The fourth-order valence-corrected chi connectivity index (χ4v) is 5.18. The molecule has 186 valence electrons. The molecule has 0 saturated carbocycles. The highest BCUT2D eigenvalue weighted by molar-refractivity contribution is 7.80. The molecule has 4 rings (SSSR count). The van der Waals surface area contributed by atoms with Crippen LogP contribution < -0.4 is 5.32 Å². The Morgan fingerprint density at radius 2 is 1.86 bits per heavy atom. The van der Waals surface area contributed by atoms with Gasteiger partial charge in [0.05, 0.1) is 23.3 Å². The zero-order valence-corrected chi connectivity index (χ0v) is 21.1. The summed E-state index contributed by atoms with van der Waals surface area (Å²) < 4.78 is 42.1. The SMILES string of the molecule is Cc1cc([C@@H]2[C@@H](c3ccccn3)NC(=S)N2CCCN(C)C)c(C)n1-c1cccc(C(F)(F)F)c1. The molecule has 0 amide bonds. The maximum atomic E-state index is 13.4. The summed E-state index contributed by atoms with van der Waals surface area (Å²) in [7, 11) is 4.08. The standard InChI is InChI=1S/C26H30F3N5S/c1-17-15-21(18(2)34(17)20-10-7-9-19(16-20)26(27,28)29)24-23(22-11-5-6-12-30-22)31-25(35)33(24)14-8-13-32(3)4/h5-7,9-12,15-16,23-24H,8,13-14H2,1-4H3,(H,31,35)/t23-,24-/m1/s1. The van der Waals surface area contributed by atoms with E-state index in [0.29, 0.717) is 10.8 Å². The summed E-state index contributed by atoms with van der Waals surface area (Å²) in [6.45, 7) is 5.55. The van der Waals surface area contributed by atoms with Crippen LogP contribution in [0.5, 0.6) is 0 Å². The van der Waals surface area contributed by atoms with E-state index in [-0.39, 0.29) is 12.1 Å². The van der Waals surface area contributed by atoms with Gasteiger partial charge in [0.15, 0.2) is 5.11 Å². The first kappa shape index (κ1) is 25.2. The number of hydrogen-bond donors (Lipinski definition) is 1. The molecule has 0 spiro atoms. The van der Waals surface area contributed by atoms with Gasteiger partial charge in [0.2, 0.25) is 0 Å². The molecule has 0 bridgehead atoms. The van der Waals surface area contributed by atoms with E-state index < -0.39 is 11.7 Å². The van der Waals surface area contributed by atoms with Gasteiger partial charge < -0.3 is 19.7 Å². The predicted molar refractivity (Wildman–Crippen MR) is 136 cm³/mol. The van der Waals surface area contributed by atoms with Crippen molar-refractivity contribution < 1.29 is 13.2 Å². The quantitative estimate of drug-likeness (QED) is 0.437. The number of hydrogen-bond acceptors (Lipinski definition) is 3. The number of rotatable bonds is 7. The lowest BCUT2D eigenvalue weighted by Crippen LogP contribution is -2.32. The van der Waals surface area contributed by atoms with Gasteiger partial charge in [-0.1, -0.05) is 12.1 Å². The predicted octanol–water partition coefficient (Wildman–Crippen LogP) is 5.43. The first-order chi connectivity index (χ1) is 16.6. The number of nitrogens with zero attached hydrogens (tertiary/aromatic N) is 4. The molecule has 2 aromatic heterocycles. The molecule has 5 nitrogen and oxygen atoms in total. The summed E-state index contributed by atoms with van der Waals surface area (Å²) in [5.74, 6) is 0. The van der Waals surface area contributed by atoms with Crippen molar-refractivity contribution >= 4 is 17.3 Å². The van der Waals surface area contributed by atoms with Crippen molar-refractivity contribution in [3.05, 3.63) is 82.9 Å². The Kier molecular flexibility index (Phi) is 7.19. The molecule has 1 aliphatic heterocycles. The second kappa shape index (κ2) is 9.99. The second-order valence-corrected chi connectivity index (χ2v) is 9.57. The maximum absolute atomic E-state index is 13.4. The number of halogens is 3. The Bertz CT molecular complexity index is 1190. The molecular formula is C26H30F3N5S. The fourth-order valence-electron chi connectivity index (χ4n) is 4.85. The average Bonchev–Trinajstić information content (AvgIpc) is 3.28. The van der Waals surface area contributed by atoms with Crippen molar-refractivity contribution in [1.29, 1.82) is 0 Å². The summed E-state index contributed by atoms with van der Waals surface area (Å²) in [6.07, 6.45) is -1.72. The lowest BCUT2D eigenvalue weighted by molar-refractivity contribution is -0.137. The molecule has 1 aliphatic rings. The smallest absolute Gasteiger partial charge is 0.352 e. The van der Waals surface area contributed by atoms with Crippen molar-refractivity contribution in [3.8, 4) is 5.69 Å². The minimum Gasteiger partial charge on any atom is -0.352 e. The van der Waals surface area contributed by atoms with Crippen LogP contribution in [0.25, 0.3) is 5.69 Å². The fraction of sp³-hybridized carbons (Fsp3) is 0.385. The number of alkyl halides is 3. The van der Waals surface area contributed by atoms with Gasteiger partial charge in [-0.3, -0.25) is 4.98 Å². The van der Waals surface area contributed by atoms with Gasteiger partial charge >= 0.3 is 6.18 Å². The van der Waals surface area contributed by atoms with Gasteiger partial charge in [0, 0.05) is 29.8 Å². The van der Waals surface area contributed by atoms with Crippen LogP contribution in [0.2, 0.25) is 0 Å². The van der Waals surface area contributed by atoms with Gasteiger partial charge in [-0.05, 0) is 95.1 Å². The molecule has 0 radical (unpaired) electrons. The highest BCUT2D eigenvalue weighted by atomic mass is 32.1. The molecule has 1 saturated heterocycles. The molecule has 9 heteroatoms. The van der Waals surface area contributed by atoms with E-state index >= 15 is 0 Å². The van der Waals surface area contributed by atoms with E-state index in [4.69, 9.17) is 12.2 Å². The first-order valence-electron chi connectivity index (χ1n) is 11.6. The molecular weight excluding hydrogens is 471 g/mol. The van der Waals surface area contributed by atoms with Gasteiger partial charge in [0.25, 0.3) is 0 Å². The Balaban J connectivity index is 1.78. The van der Waals surface area contributed by atoms with E-state index in [9.17, 15) is 13.2 Å². The number of nitrogens with one attached hydrogen (secondary N) is 1. The summed E-state index contributed by atoms with van der Waals surface area (Å²) in [5.41, 5.74) is 3.47. The summed E-state index contributed by atoms with van der Waals surface area (Å²) in [6, 6.07) is 13.0. The normalized spacial score (nSPS) is 18.4. The number of aryl methyl sites for hydroxylation is 1. The van der Waals surface area contributed by atoms with Crippen molar-refractivity contribution in [2.75, 3.05) is 27.2 Å². The topological polar surface area (TPSA) is 36.3 Å². The molecule has 3 aromatic rings. The van der Waals surface area contributed by atoms with Gasteiger partial charge in [0.1, 0.15) is 0 Å². The van der Waals surface area contributed by atoms with E-state index in [1.807, 2.05) is 50.7 Å². The molecule has 0 aliphatic carbocycles. The van der Waals surface area contributed by atoms with E-state index in [0.717, 1.165) is 48.2 Å². The van der Waals surface area contributed by atoms with Crippen LogP contribution in [0.4, 0.5) is 13.2 Å². The first-order valence-corrected chi connectivity index (χ1v) is 12.0. The van der Waals surface area contributed by atoms with E-state index in [2.05, 4.69) is 26.2 Å². The highest BCUT2D eigenvalue weighted by Gasteiger charge is 2.41. The molecule has 1 aromatic carbocycles. The van der Waals surface area contributed by atoms with Crippen molar-refractivity contribution in [2.45, 2.75) is 38.5 Å². The van der Waals surface area contributed by atoms with Crippen LogP contribution in [0.1, 0.15) is 46.7 Å². The highest BCUT2D eigenvalue weighted by Crippen LogP contribution is 2.41. The second-order valence-electron chi connectivity index (χ2n) is 9.19. The van der Waals surface area contributed by atoms with Crippen LogP contribution in [0, 0.1) is 13.8 Å². The molecule has 0 unspecified atom stereocenters. The third-order valence-corrected chi connectivity index (χ3v) is 6.78. The number of pyridine rings is 1. The van der Waals surface area contributed by atoms with Crippen LogP contribution in [0.15, 0.2) is 54.7 Å². The molecule has 35 heavy (non-hydrogen) atoms. The van der Waals surface area contributed by atoms with Gasteiger partial charge in [-0.25, -0.2) is 0 Å². The third kappa shape index (κ3) is 5.21. The number of thiocarbonyl (C=S) groups is 1. The number of aromatic nitrogens is 2. The van der Waals surface area contributed by atoms with Gasteiger partial charge in [-0.2, -0.15) is 13.2 Å². The monoisotopic (exact) mass is 501 g/mol. The summed E-state index contributed by atoms with van der Waals surface area (Å²) in [5, 5.41) is 4.12. The number of benzene rings is 1. The Morgan fingerprint density at radius 3 is 2.51 bits per heavy atom. The summed E-state index contributed by atoms with van der Waals surface area (Å²) >= 11 is 5.75. The van der Waals surface area contributed by atoms with Crippen LogP contribution in [-0.2, 0) is 6.18 Å². The summed E-state index contributed by atoms with van der Waals surface area (Å²) in [4.78, 5) is 8.91. The van der Waals surface area contributed by atoms with Gasteiger partial charge in [-0.15, -0.1) is 0 Å². The molecule has 3 heterocycles. The van der Waals surface area contributed by atoms with Crippen LogP contribution >= 0.6 is 12.2 Å². The Morgan fingerprint density at radius 1 is 1.09 bits per heavy atom. The molecule has 2 atom stereocenters. The zero-order chi connectivity index (χ0) is 25.3. The largest absolute Gasteiger partial charge is 0.416 e. The molecule has 1 N–H and O–H groups in total. The third-order valence-electron chi connectivity index (χ3n) is 6.42. The van der Waals surface area contributed by atoms with Crippen LogP contribution in [-0.4, -0.2) is 51.6 Å². The van der Waals surface area contributed by atoms with E-state index in [1.165, 1.54) is 12.1 Å². The molecule has 1 fully saturated rings. The maximum Gasteiger partial charge on any atom is 0.416 e. The van der Waals surface area contributed by atoms with Crippen molar-refractivity contribution in [3.63, 3.8) is 0 Å². The zero-order valence-electron chi connectivity index (χ0n) is 20.3. The van der Waals surface area contributed by atoms with E-state index in [1.54, 1.807) is 12.3 Å².